The van der Waals surface area contributed by atoms with Gasteiger partial charge in [-0.2, -0.15) is 0 Å². The SMILES string of the molecule is CC(=O)c1cc(Cl)nc(Cl)n1. The van der Waals surface area contributed by atoms with Gasteiger partial charge in [-0.05, 0) is 11.6 Å². The normalized spacial score (nSPS) is 9.73. The van der Waals surface area contributed by atoms with Crippen LogP contribution in [0.25, 0.3) is 0 Å². The van der Waals surface area contributed by atoms with E-state index in [0.29, 0.717) is 0 Å². The molecule has 0 aliphatic heterocycles. The number of rotatable bonds is 1. The highest BCUT2D eigenvalue weighted by Gasteiger charge is 2.04. The molecule has 0 amide bonds. The van der Waals surface area contributed by atoms with Crippen LogP contribution in [-0.4, -0.2) is 15.8 Å². The summed E-state index contributed by atoms with van der Waals surface area (Å²) in [6, 6.07) is 1.37. The average molecular weight is 191 g/mol. The number of nitrogens with zero attached hydrogens (tertiary/aromatic N) is 2. The van der Waals surface area contributed by atoms with Gasteiger partial charge >= 0.3 is 0 Å². The Kier molecular flexibility index (Phi) is 2.42. The molecular weight excluding hydrogens is 187 g/mol. The van der Waals surface area contributed by atoms with Crippen LogP contribution in [0.3, 0.4) is 0 Å². The van der Waals surface area contributed by atoms with Crippen LogP contribution in [0.15, 0.2) is 6.07 Å². The second-order valence-corrected chi connectivity index (χ2v) is 2.63. The van der Waals surface area contributed by atoms with Crippen LogP contribution < -0.4 is 0 Å². The zero-order chi connectivity index (χ0) is 8.43. The fraction of sp³-hybridized carbons (Fsp3) is 0.167. The van der Waals surface area contributed by atoms with E-state index in [4.69, 9.17) is 23.2 Å². The molecule has 0 fully saturated rings. The summed E-state index contributed by atoms with van der Waals surface area (Å²) in [7, 11) is 0. The summed E-state index contributed by atoms with van der Waals surface area (Å²) >= 11 is 10.9. The first-order valence-corrected chi connectivity index (χ1v) is 3.56. The molecule has 1 heterocycles. The molecule has 0 spiro atoms. The maximum atomic E-state index is 10.7. The summed E-state index contributed by atoms with van der Waals surface area (Å²) in [5, 5.41) is 0.165. The molecule has 58 valence electrons. The number of hydrogen-bond donors (Lipinski definition) is 0. The van der Waals surface area contributed by atoms with Gasteiger partial charge in [0.15, 0.2) is 5.78 Å². The lowest BCUT2D eigenvalue weighted by Gasteiger charge is -1.94. The van der Waals surface area contributed by atoms with Crippen molar-refractivity contribution in [2.75, 3.05) is 0 Å². The van der Waals surface area contributed by atoms with Crippen LogP contribution in [0.5, 0.6) is 0 Å². The van der Waals surface area contributed by atoms with E-state index in [0.717, 1.165) is 0 Å². The van der Waals surface area contributed by atoms with Crippen LogP contribution in [0, 0.1) is 0 Å². The van der Waals surface area contributed by atoms with Crippen LogP contribution in [0.1, 0.15) is 17.4 Å². The summed E-state index contributed by atoms with van der Waals surface area (Å²) in [4.78, 5) is 18.0. The Morgan fingerprint density at radius 3 is 2.55 bits per heavy atom. The molecule has 0 aromatic carbocycles. The molecule has 0 bridgehead atoms. The van der Waals surface area contributed by atoms with Gasteiger partial charge in [0.25, 0.3) is 0 Å². The number of aromatic nitrogens is 2. The summed E-state index contributed by atoms with van der Waals surface area (Å²) in [5.41, 5.74) is 0.231. The highest BCUT2D eigenvalue weighted by molar-refractivity contribution is 6.32. The zero-order valence-corrected chi connectivity index (χ0v) is 7.15. The highest BCUT2D eigenvalue weighted by atomic mass is 35.5. The Morgan fingerprint density at radius 2 is 2.09 bits per heavy atom. The molecule has 5 heteroatoms. The molecule has 0 radical (unpaired) electrons. The van der Waals surface area contributed by atoms with Gasteiger partial charge in [0.2, 0.25) is 5.28 Å². The Labute approximate surface area is 73.4 Å². The predicted octanol–water partition coefficient (Wildman–Crippen LogP) is 1.99. The van der Waals surface area contributed by atoms with Gasteiger partial charge in [-0.3, -0.25) is 4.79 Å². The number of halogens is 2. The second kappa shape index (κ2) is 3.15. The average Bonchev–Trinajstić information content (AvgIpc) is 1.85. The van der Waals surface area contributed by atoms with E-state index in [1.54, 1.807) is 0 Å². The number of carbonyl (C=O) groups is 1. The van der Waals surface area contributed by atoms with Gasteiger partial charge in [0.05, 0.1) is 0 Å². The van der Waals surface area contributed by atoms with Crippen molar-refractivity contribution in [3.8, 4) is 0 Å². The predicted molar refractivity (Wildman–Crippen MR) is 42.1 cm³/mol. The van der Waals surface area contributed by atoms with Crippen molar-refractivity contribution in [1.82, 2.24) is 9.97 Å². The minimum Gasteiger partial charge on any atom is -0.293 e. The fourth-order valence-corrected chi connectivity index (χ4v) is 0.979. The lowest BCUT2D eigenvalue weighted by atomic mass is 10.3. The number of carbonyl (C=O) groups excluding carboxylic acids is 1. The maximum Gasteiger partial charge on any atom is 0.224 e. The fourth-order valence-electron chi connectivity index (χ4n) is 0.570. The van der Waals surface area contributed by atoms with Crippen LogP contribution >= 0.6 is 23.2 Å². The molecule has 11 heavy (non-hydrogen) atoms. The van der Waals surface area contributed by atoms with Gasteiger partial charge in [0.1, 0.15) is 10.8 Å². The number of Topliss-reactive ketones (excluding diaryl/α,β-unsaturated/α-hetero) is 1. The lowest BCUT2D eigenvalue weighted by molar-refractivity contribution is 0.101. The Balaban J connectivity index is 3.19. The summed E-state index contributed by atoms with van der Waals surface area (Å²) in [6.07, 6.45) is 0. The molecule has 1 aromatic rings. The van der Waals surface area contributed by atoms with Gasteiger partial charge in [-0.1, -0.05) is 11.6 Å². The minimum absolute atomic E-state index is 0.0114. The monoisotopic (exact) mass is 190 g/mol. The first-order valence-electron chi connectivity index (χ1n) is 2.80. The Morgan fingerprint density at radius 1 is 1.45 bits per heavy atom. The molecule has 0 aliphatic carbocycles. The number of ketones is 1. The quantitative estimate of drug-likeness (QED) is 0.387. The third kappa shape index (κ3) is 2.13. The first-order chi connectivity index (χ1) is 5.09. The van der Waals surface area contributed by atoms with Crippen molar-refractivity contribution in [3.63, 3.8) is 0 Å². The molecule has 0 saturated heterocycles. The highest BCUT2D eigenvalue weighted by Crippen LogP contribution is 2.10. The largest absolute Gasteiger partial charge is 0.293 e. The van der Waals surface area contributed by atoms with Crippen LogP contribution in [-0.2, 0) is 0 Å². The first kappa shape index (κ1) is 8.43. The molecule has 0 aliphatic rings. The molecular formula is C6H4Cl2N2O. The summed E-state index contributed by atoms with van der Waals surface area (Å²) in [5.74, 6) is -0.184. The third-order valence-electron chi connectivity index (χ3n) is 1.03. The summed E-state index contributed by atoms with van der Waals surface area (Å²) < 4.78 is 0. The molecule has 1 aromatic heterocycles. The maximum absolute atomic E-state index is 10.7. The lowest BCUT2D eigenvalue weighted by Crippen LogP contribution is -1.97. The van der Waals surface area contributed by atoms with Gasteiger partial charge in [-0.25, -0.2) is 9.97 Å². The zero-order valence-electron chi connectivity index (χ0n) is 5.64. The Bertz CT molecular complexity index is 280. The summed E-state index contributed by atoms with van der Waals surface area (Å²) in [6.45, 7) is 1.38. The van der Waals surface area contributed by atoms with Gasteiger partial charge in [0, 0.05) is 13.0 Å². The van der Waals surface area contributed by atoms with Gasteiger partial charge in [-0.15, -0.1) is 0 Å². The van der Waals surface area contributed by atoms with E-state index in [1.165, 1.54) is 13.0 Å². The van der Waals surface area contributed by atoms with Crippen molar-refractivity contribution in [3.05, 3.63) is 22.2 Å². The van der Waals surface area contributed by atoms with Crippen LogP contribution in [0.4, 0.5) is 0 Å². The van der Waals surface area contributed by atoms with Crippen molar-refractivity contribution in [2.24, 2.45) is 0 Å². The molecule has 0 N–H and O–H groups in total. The molecule has 1 rings (SSSR count). The van der Waals surface area contributed by atoms with E-state index >= 15 is 0 Å². The van der Waals surface area contributed by atoms with E-state index in [-0.39, 0.29) is 21.9 Å². The van der Waals surface area contributed by atoms with E-state index < -0.39 is 0 Å². The van der Waals surface area contributed by atoms with Crippen molar-refractivity contribution < 1.29 is 4.79 Å². The third-order valence-corrected chi connectivity index (χ3v) is 1.39. The van der Waals surface area contributed by atoms with E-state index in [2.05, 4.69) is 9.97 Å². The van der Waals surface area contributed by atoms with E-state index in [9.17, 15) is 4.79 Å². The topological polar surface area (TPSA) is 42.9 Å². The van der Waals surface area contributed by atoms with Crippen molar-refractivity contribution in [1.29, 1.82) is 0 Å². The number of hydrogen-bond acceptors (Lipinski definition) is 3. The molecule has 0 atom stereocenters. The van der Waals surface area contributed by atoms with Crippen molar-refractivity contribution in [2.45, 2.75) is 6.92 Å². The van der Waals surface area contributed by atoms with Gasteiger partial charge < -0.3 is 0 Å². The van der Waals surface area contributed by atoms with Crippen molar-refractivity contribution >= 4 is 29.0 Å². The standard InChI is InChI=1S/C6H4Cl2N2O/c1-3(11)4-2-5(7)10-6(8)9-4/h2H,1H3. The Hall–Kier alpha value is -0.670. The molecule has 3 nitrogen and oxygen atoms in total. The second-order valence-electron chi connectivity index (χ2n) is 1.90. The molecule has 0 saturated carbocycles. The smallest absolute Gasteiger partial charge is 0.224 e. The molecule has 0 unspecified atom stereocenters. The van der Waals surface area contributed by atoms with E-state index in [1.807, 2.05) is 0 Å². The minimum atomic E-state index is -0.184. The van der Waals surface area contributed by atoms with Crippen LogP contribution in [0.2, 0.25) is 10.4 Å².